The summed E-state index contributed by atoms with van der Waals surface area (Å²) in [7, 11) is -2.42. The highest BCUT2D eigenvalue weighted by Crippen LogP contribution is 2.26. The highest BCUT2D eigenvalue weighted by molar-refractivity contribution is 7.89. The van der Waals surface area contributed by atoms with Gasteiger partial charge in [-0.15, -0.1) is 0 Å². The minimum atomic E-state index is -3.84. The van der Waals surface area contributed by atoms with Crippen LogP contribution in [0.4, 0.5) is 5.69 Å². The molecule has 4 N–H and O–H groups in total. The molecule has 0 atom stereocenters. The molecule has 21 heavy (non-hydrogen) atoms. The van der Waals surface area contributed by atoms with Crippen LogP contribution in [0, 0.1) is 0 Å². The van der Waals surface area contributed by atoms with E-state index in [0.717, 1.165) is 0 Å². The largest absolute Gasteiger partial charge is 0.495 e. The zero-order valence-electron chi connectivity index (χ0n) is 12.6. The van der Waals surface area contributed by atoms with Crippen LogP contribution in [0.3, 0.4) is 0 Å². The Morgan fingerprint density at radius 3 is 2.43 bits per heavy atom. The van der Waals surface area contributed by atoms with Crippen molar-refractivity contribution in [2.45, 2.75) is 31.2 Å². The molecule has 1 aromatic carbocycles. The lowest BCUT2D eigenvalue weighted by atomic mass is 10.1. The molecule has 0 saturated carbocycles. The van der Waals surface area contributed by atoms with E-state index in [2.05, 4.69) is 10.6 Å². The lowest BCUT2D eigenvalue weighted by molar-refractivity contribution is -0.115. The fourth-order valence-electron chi connectivity index (χ4n) is 1.50. The first-order valence-corrected chi connectivity index (χ1v) is 7.83. The molecule has 8 heteroatoms. The zero-order chi connectivity index (χ0) is 16.3. The van der Waals surface area contributed by atoms with Crippen molar-refractivity contribution < 1.29 is 17.9 Å². The summed E-state index contributed by atoms with van der Waals surface area (Å²) in [6, 6.07) is 4.02. The van der Waals surface area contributed by atoms with Gasteiger partial charge in [-0.1, -0.05) is 0 Å². The van der Waals surface area contributed by atoms with E-state index in [9.17, 15) is 13.2 Å². The van der Waals surface area contributed by atoms with Crippen LogP contribution in [0.25, 0.3) is 0 Å². The number of benzene rings is 1. The first kappa shape index (κ1) is 17.4. The lowest BCUT2D eigenvalue weighted by Crippen LogP contribution is -2.41. The molecule has 7 nitrogen and oxygen atoms in total. The summed E-state index contributed by atoms with van der Waals surface area (Å²) >= 11 is 0. The molecule has 0 aliphatic rings. The predicted octanol–water partition coefficient (Wildman–Crippen LogP) is 0.669. The summed E-state index contributed by atoms with van der Waals surface area (Å²) in [6.45, 7) is 5.89. The number of anilines is 1. The molecule has 1 amide bonds. The fraction of sp³-hybridized carbons (Fsp3) is 0.462. The van der Waals surface area contributed by atoms with Gasteiger partial charge in [0.1, 0.15) is 5.75 Å². The Hall–Kier alpha value is -1.64. The Balaban J connectivity index is 2.93. The number of sulfonamides is 1. The summed E-state index contributed by atoms with van der Waals surface area (Å²) in [5.41, 5.74) is 0.0499. The van der Waals surface area contributed by atoms with E-state index in [4.69, 9.17) is 9.88 Å². The molecule has 1 rings (SSSR count). The lowest BCUT2D eigenvalue weighted by Gasteiger charge is -2.20. The van der Waals surface area contributed by atoms with Gasteiger partial charge < -0.3 is 15.4 Å². The quantitative estimate of drug-likeness (QED) is 0.739. The van der Waals surface area contributed by atoms with Crippen molar-refractivity contribution in [2.75, 3.05) is 19.0 Å². The maximum absolute atomic E-state index is 11.9. The number of amides is 1. The van der Waals surface area contributed by atoms with E-state index in [-0.39, 0.29) is 28.6 Å². The summed E-state index contributed by atoms with van der Waals surface area (Å²) < 4.78 is 27.8. The van der Waals surface area contributed by atoms with E-state index in [1.165, 1.54) is 25.3 Å². The third kappa shape index (κ3) is 5.70. The smallest absolute Gasteiger partial charge is 0.238 e. The average Bonchev–Trinajstić information content (AvgIpc) is 2.34. The van der Waals surface area contributed by atoms with Gasteiger partial charge in [-0.05, 0) is 39.0 Å². The third-order valence-corrected chi connectivity index (χ3v) is 3.46. The van der Waals surface area contributed by atoms with Crippen molar-refractivity contribution in [2.24, 2.45) is 5.14 Å². The molecule has 0 bridgehead atoms. The number of carbonyl (C=O) groups excluding carboxylic acids is 1. The highest BCUT2D eigenvalue weighted by Gasteiger charge is 2.15. The Kier molecular flexibility index (Phi) is 5.32. The minimum absolute atomic E-state index is 0.0895. The van der Waals surface area contributed by atoms with E-state index in [0.29, 0.717) is 5.75 Å². The second-order valence-corrected chi connectivity index (χ2v) is 7.12. The van der Waals surface area contributed by atoms with Crippen molar-refractivity contribution in [1.82, 2.24) is 5.32 Å². The van der Waals surface area contributed by atoms with E-state index in [1.807, 2.05) is 20.8 Å². The number of nitrogens with one attached hydrogen (secondary N) is 2. The van der Waals surface area contributed by atoms with Crippen LogP contribution in [-0.2, 0) is 14.8 Å². The van der Waals surface area contributed by atoms with Gasteiger partial charge in [0.2, 0.25) is 15.9 Å². The van der Waals surface area contributed by atoms with Gasteiger partial charge in [0.05, 0.1) is 24.2 Å². The number of hydrogen-bond donors (Lipinski definition) is 3. The Labute approximate surface area is 124 Å². The molecule has 0 radical (unpaired) electrons. The van der Waals surface area contributed by atoms with Gasteiger partial charge in [-0.25, -0.2) is 13.6 Å². The van der Waals surface area contributed by atoms with Crippen molar-refractivity contribution in [1.29, 1.82) is 0 Å². The van der Waals surface area contributed by atoms with Crippen molar-refractivity contribution >= 4 is 21.6 Å². The average molecular weight is 315 g/mol. The van der Waals surface area contributed by atoms with Crippen molar-refractivity contribution in [3.8, 4) is 5.75 Å². The Morgan fingerprint density at radius 1 is 1.33 bits per heavy atom. The molecule has 0 saturated heterocycles. The molecule has 0 aliphatic heterocycles. The molecule has 118 valence electrons. The van der Waals surface area contributed by atoms with Crippen LogP contribution in [0.2, 0.25) is 0 Å². The molecule has 0 unspecified atom stereocenters. The number of carbonyl (C=O) groups is 1. The summed E-state index contributed by atoms with van der Waals surface area (Å²) in [6.07, 6.45) is 0. The Morgan fingerprint density at radius 2 is 1.95 bits per heavy atom. The van der Waals surface area contributed by atoms with E-state index < -0.39 is 10.0 Å². The van der Waals surface area contributed by atoms with Crippen LogP contribution in [-0.4, -0.2) is 33.5 Å². The van der Waals surface area contributed by atoms with Gasteiger partial charge in [0.25, 0.3) is 0 Å². The molecule has 1 aromatic rings. The first-order valence-electron chi connectivity index (χ1n) is 6.28. The third-order valence-electron chi connectivity index (χ3n) is 2.55. The minimum Gasteiger partial charge on any atom is -0.495 e. The monoisotopic (exact) mass is 315 g/mol. The summed E-state index contributed by atoms with van der Waals surface area (Å²) in [4.78, 5) is 11.8. The highest BCUT2D eigenvalue weighted by atomic mass is 32.2. The normalized spacial score (nSPS) is 12.0. The number of nitrogens with two attached hydrogens (primary N) is 1. The number of primary sulfonamides is 1. The molecule has 0 heterocycles. The first-order chi connectivity index (χ1) is 9.53. The molecule has 0 aliphatic carbocycles. The Bertz CT molecular complexity index is 621. The maximum atomic E-state index is 11.9. The fourth-order valence-corrected chi connectivity index (χ4v) is 2.04. The van der Waals surface area contributed by atoms with Crippen LogP contribution in [0.15, 0.2) is 23.1 Å². The maximum Gasteiger partial charge on any atom is 0.238 e. The second-order valence-electron chi connectivity index (χ2n) is 5.56. The number of rotatable bonds is 5. The number of ether oxygens (including phenoxy) is 1. The van der Waals surface area contributed by atoms with Gasteiger partial charge in [-0.3, -0.25) is 4.79 Å². The molecule has 0 fully saturated rings. The van der Waals surface area contributed by atoms with Gasteiger partial charge in [0.15, 0.2) is 0 Å². The molecule has 0 aromatic heterocycles. The number of hydrogen-bond acceptors (Lipinski definition) is 5. The molecule has 0 spiro atoms. The van der Waals surface area contributed by atoms with E-state index in [1.54, 1.807) is 0 Å². The van der Waals surface area contributed by atoms with Crippen molar-refractivity contribution in [3.63, 3.8) is 0 Å². The molecular formula is C13H21N3O4S. The van der Waals surface area contributed by atoms with Gasteiger partial charge >= 0.3 is 0 Å². The van der Waals surface area contributed by atoms with Crippen LogP contribution >= 0.6 is 0 Å². The molecular weight excluding hydrogens is 294 g/mol. The second kappa shape index (κ2) is 6.42. The summed E-state index contributed by atoms with van der Waals surface area (Å²) in [5.74, 6) is 0.0429. The van der Waals surface area contributed by atoms with Gasteiger partial charge in [0, 0.05) is 5.54 Å². The SMILES string of the molecule is COc1ccc(S(N)(=O)=O)cc1NC(=O)CNC(C)(C)C. The standard InChI is InChI=1S/C13H21N3O4S/c1-13(2,3)15-8-12(17)16-10-7-9(21(14,18)19)5-6-11(10)20-4/h5-7,15H,8H2,1-4H3,(H,16,17)(H2,14,18,19). The zero-order valence-corrected chi connectivity index (χ0v) is 13.4. The predicted molar refractivity (Wildman–Crippen MR) is 80.8 cm³/mol. The van der Waals surface area contributed by atoms with Crippen LogP contribution < -0.4 is 20.5 Å². The number of methoxy groups -OCH3 is 1. The van der Waals surface area contributed by atoms with Gasteiger partial charge in [-0.2, -0.15) is 0 Å². The topological polar surface area (TPSA) is 111 Å². The summed E-state index contributed by atoms with van der Waals surface area (Å²) in [5, 5.41) is 10.7. The van der Waals surface area contributed by atoms with Crippen molar-refractivity contribution in [3.05, 3.63) is 18.2 Å². The van der Waals surface area contributed by atoms with E-state index >= 15 is 0 Å². The van der Waals surface area contributed by atoms with Crippen LogP contribution in [0.1, 0.15) is 20.8 Å². The van der Waals surface area contributed by atoms with Crippen LogP contribution in [0.5, 0.6) is 5.75 Å².